The third-order valence-corrected chi connectivity index (χ3v) is 8.12. The zero-order chi connectivity index (χ0) is 25.1. The van der Waals surface area contributed by atoms with Crippen LogP contribution in [0.15, 0.2) is 52.4 Å². The Balaban J connectivity index is 1.72. The number of benzene rings is 2. The molecule has 0 saturated heterocycles. The Morgan fingerprint density at radius 1 is 1.14 bits per heavy atom. The van der Waals surface area contributed by atoms with Crippen LogP contribution in [-0.4, -0.2) is 21.2 Å². The first-order valence-corrected chi connectivity index (χ1v) is 13.5. The van der Waals surface area contributed by atoms with E-state index in [1.165, 1.54) is 39.8 Å². The largest absolute Gasteiger partial charge is 0.325 e. The molecule has 0 radical (unpaired) electrons. The van der Waals surface area contributed by atoms with E-state index >= 15 is 0 Å². The number of thiophene rings is 1. The number of halogens is 1. The third-order valence-electron chi connectivity index (χ3n) is 5.93. The molecule has 0 aliphatic heterocycles. The zero-order valence-electron chi connectivity index (χ0n) is 20.3. The van der Waals surface area contributed by atoms with Gasteiger partial charge in [-0.2, -0.15) is 0 Å². The van der Waals surface area contributed by atoms with E-state index in [4.69, 9.17) is 4.98 Å². The molecule has 4 aromatic rings. The van der Waals surface area contributed by atoms with Gasteiger partial charge in [0.25, 0.3) is 5.56 Å². The van der Waals surface area contributed by atoms with E-state index < -0.39 is 0 Å². The van der Waals surface area contributed by atoms with Crippen LogP contribution in [0.5, 0.6) is 0 Å². The van der Waals surface area contributed by atoms with E-state index in [0.29, 0.717) is 21.1 Å². The third kappa shape index (κ3) is 5.18. The molecular formula is C27H28FN3O2S2. The van der Waals surface area contributed by atoms with Crippen LogP contribution in [0, 0.1) is 19.7 Å². The second-order valence-electron chi connectivity index (χ2n) is 8.39. The standard InChI is InChI=1S/C27H28FN3O2S2/c1-5-8-21-17(4)23-25(35-21)30-27(31(26(23)33)20-13-11-19(28)12-14-20)34-15-22(32)29-24-16(3)9-7-10-18(24)6-2/h7,9-14H,5-6,8,15H2,1-4H3,(H,29,32). The van der Waals surface area contributed by atoms with Crippen LogP contribution in [0.1, 0.15) is 41.8 Å². The van der Waals surface area contributed by atoms with Crippen molar-refractivity contribution < 1.29 is 9.18 Å². The van der Waals surface area contributed by atoms with Crippen LogP contribution in [0.4, 0.5) is 10.1 Å². The van der Waals surface area contributed by atoms with Crippen molar-refractivity contribution in [3.05, 3.63) is 80.2 Å². The first-order valence-electron chi connectivity index (χ1n) is 11.7. The molecule has 2 aromatic heterocycles. The molecule has 1 N–H and O–H groups in total. The van der Waals surface area contributed by atoms with Crippen molar-refractivity contribution in [3.8, 4) is 5.69 Å². The Morgan fingerprint density at radius 2 is 1.89 bits per heavy atom. The summed E-state index contributed by atoms with van der Waals surface area (Å²) in [5, 5.41) is 4.02. The molecule has 0 aliphatic rings. The lowest BCUT2D eigenvalue weighted by Crippen LogP contribution is -2.23. The highest BCUT2D eigenvalue weighted by molar-refractivity contribution is 7.99. The van der Waals surface area contributed by atoms with Crippen molar-refractivity contribution in [1.82, 2.24) is 9.55 Å². The van der Waals surface area contributed by atoms with Crippen molar-refractivity contribution in [3.63, 3.8) is 0 Å². The summed E-state index contributed by atoms with van der Waals surface area (Å²) in [5.74, 6) is -0.470. The average molecular weight is 510 g/mol. The lowest BCUT2D eigenvalue weighted by molar-refractivity contribution is -0.113. The number of rotatable bonds is 8. The topological polar surface area (TPSA) is 64.0 Å². The Kier molecular flexibility index (Phi) is 7.72. The maximum atomic E-state index is 13.7. The van der Waals surface area contributed by atoms with Gasteiger partial charge in [0, 0.05) is 10.6 Å². The van der Waals surface area contributed by atoms with Gasteiger partial charge in [-0.1, -0.05) is 50.2 Å². The number of aryl methyl sites for hydroxylation is 4. The number of amides is 1. The number of thioether (sulfide) groups is 1. The summed E-state index contributed by atoms with van der Waals surface area (Å²) in [7, 11) is 0. The summed E-state index contributed by atoms with van der Waals surface area (Å²) in [6.45, 7) is 8.08. The van der Waals surface area contributed by atoms with Crippen LogP contribution in [-0.2, 0) is 17.6 Å². The second-order valence-corrected chi connectivity index (χ2v) is 10.4. The number of nitrogens with zero attached hydrogens (tertiary/aromatic N) is 2. The SMILES string of the molecule is CCCc1sc2nc(SCC(=O)Nc3c(C)cccc3CC)n(-c3ccc(F)cc3)c(=O)c2c1C. The number of carbonyl (C=O) groups is 1. The van der Waals surface area contributed by atoms with Crippen LogP contribution in [0.25, 0.3) is 15.9 Å². The molecule has 0 aliphatic carbocycles. The van der Waals surface area contributed by atoms with Gasteiger partial charge in [-0.25, -0.2) is 9.37 Å². The van der Waals surface area contributed by atoms with Gasteiger partial charge in [-0.05, 0) is 67.6 Å². The molecule has 5 nitrogen and oxygen atoms in total. The van der Waals surface area contributed by atoms with Gasteiger partial charge in [0.2, 0.25) is 5.91 Å². The van der Waals surface area contributed by atoms with Crippen molar-refractivity contribution in [2.75, 3.05) is 11.1 Å². The van der Waals surface area contributed by atoms with E-state index in [-0.39, 0.29) is 23.0 Å². The molecule has 8 heteroatoms. The summed E-state index contributed by atoms with van der Waals surface area (Å²) in [5.41, 5.74) is 4.17. The van der Waals surface area contributed by atoms with Gasteiger partial charge in [-0.3, -0.25) is 14.2 Å². The Hall–Kier alpha value is -2.97. The summed E-state index contributed by atoms with van der Waals surface area (Å²) < 4.78 is 15.1. The van der Waals surface area contributed by atoms with Crippen LogP contribution < -0.4 is 10.9 Å². The smallest absolute Gasteiger partial charge is 0.267 e. The molecule has 1 amide bonds. The monoisotopic (exact) mass is 509 g/mol. The molecular weight excluding hydrogens is 481 g/mol. The molecule has 4 rings (SSSR count). The van der Waals surface area contributed by atoms with Gasteiger partial charge < -0.3 is 5.32 Å². The highest BCUT2D eigenvalue weighted by atomic mass is 32.2. The number of aromatic nitrogens is 2. The fourth-order valence-corrected chi connectivity index (χ4v) is 6.23. The van der Waals surface area contributed by atoms with Crippen molar-refractivity contribution in [2.24, 2.45) is 0 Å². The van der Waals surface area contributed by atoms with Crippen molar-refractivity contribution in [2.45, 2.75) is 52.1 Å². The molecule has 0 saturated carbocycles. The number of anilines is 1. The molecule has 0 bridgehead atoms. The number of carbonyl (C=O) groups excluding carboxylic acids is 1. The van der Waals surface area contributed by atoms with Gasteiger partial charge in [-0.15, -0.1) is 11.3 Å². The Bertz CT molecular complexity index is 1440. The van der Waals surface area contributed by atoms with Crippen LogP contribution in [0.2, 0.25) is 0 Å². The molecule has 0 unspecified atom stereocenters. The minimum Gasteiger partial charge on any atom is -0.325 e. The Labute approximate surface area is 212 Å². The average Bonchev–Trinajstić information content (AvgIpc) is 3.15. The predicted octanol–water partition coefficient (Wildman–Crippen LogP) is 6.45. The van der Waals surface area contributed by atoms with Crippen molar-refractivity contribution >= 4 is 44.9 Å². The fourth-order valence-electron chi connectivity index (χ4n) is 4.10. The first-order chi connectivity index (χ1) is 16.8. The number of hydrogen-bond donors (Lipinski definition) is 1. The molecule has 182 valence electrons. The summed E-state index contributed by atoms with van der Waals surface area (Å²) >= 11 is 2.73. The Morgan fingerprint density at radius 3 is 2.57 bits per heavy atom. The maximum Gasteiger partial charge on any atom is 0.267 e. The molecule has 0 spiro atoms. The van der Waals surface area contributed by atoms with E-state index in [2.05, 4.69) is 19.2 Å². The quantitative estimate of drug-likeness (QED) is 0.219. The van der Waals surface area contributed by atoms with Gasteiger partial charge >= 0.3 is 0 Å². The van der Waals surface area contributed by atoms with E-state index in [1.54, 1.807) is 12.1 Å². The number of hydrogen-bond acceptors (Lipinski definition) is 5. The number of fused-ring (bicyclic) bond motifs is 1. The summed E-state index contributed by atoms with van der Waals surface area (Å²) in [6.07, 6.45) is 2.66. The fraction of sp³-hybridized carbons (Fsp3) is 0.296. The normalized spacial score (nSPS) is 11.2. The molecule has 0 fully saturated rings. The first kappa shape index (κ1) is 25.1. The van der Waals surface area contributed by atoms with E-state index in [9.17, 15) is 14.0 Å². The van der Waals surface area contributed by atoms with Crippen molar-refractivity contribution in [1.29, 1.82) is 0 Å². The lowest BCUT2D eigenvalue weighted by Gasteiger charge is -2.14. The summed E-state index contributed by atoms with van der Waals surface area (Å²) in [6, 6.07) is 11.7. The minimum absolute atomic E-state index is 0.0861. The molecule has 2 heterocycles. The molecule has 2 aromatic carbocycles. The van der Waals surface area contributed by atoms with Gasteiger partial charge in [0.1, 0.15) is 10.6 Å². The highest BCUT2D eigenvalue weighted by Gasteiger charge is 2.20. The van der Waals surface area contributed by atoms with Crippen LogP contribution >= 0.6 is 23.1 Å². The van der Waals surface area contributed by atoms with E-state index in [0.717, 1.165) is 46.5 Å². The van der Waals surface area contributed by atoms with Gasteiger partial charge in [0.15, 0.2) is 5.16 Å². The predicted molar refractivity (Wildman–Crippen MR) is 144 cm³/mol. The van der Waals surface area contributed by atoms with Crippen LogP contribution in [0.3, 0.4) is 0 Å². The second kappa shape index (κ2) is 10.7. The van der Waals surface area contributed by atoms with E-state index in [1.807, 2.05) is 32.0 Å². The maximum absolute atomic E-state index is 13.7. The minimum atomic E-state index is -0.383. The molecule has 35 heavy (non-hydrogen) atoms. The summed E-state index contributed by atoms with van der Waals surface area (Å²) in [4.78, 5) is 33.2. The number of nitrogens with one attached hydrogen (secondary N) is 1. The lowest BCUT2D eigenvalue weighted by atomic mass is 10.1. The number of para-hydroxylation sites is 1. The highest BCUT2D eigenvalue weighted by Crippen LogP contribution is 2.31. The molecule has 0 atom stereocenters. The zero-order valence-corrected chi connectivity index (χ0v) is 21.9. The van der Waals surface area contributed by atoms with Gasteiger partial charge in [0.05, 0.1) is 16.8 Å².